The van der Waals surface area contributed by atoms with Crippen molar-refractivity contribution in [3.05, 3.63) is 83.8 Å². The molecule has 7 nitrogen and oxygen atoms in total. The highest BCUT2D eigenvalue weighted by Crippen LogP contribution is 2.38. The number of fused-ring (bicyclic) bond motifs is 1. The summed E-state index contributed by atoms with van der Waals surface area (Å²) in [7, 11) is 1.44. The minimum Gasteiger partial charge on any atom is -0.493 e. The first-order chi connectivity index (χ1) is 16.9. The second kappa shape index (κ2) is 10.3. The molecule has 180 valence electrons. The quantitative estimate of drug-likeness (QED) is 0.363. The molecule has 0 aliphatic rings. The molecule has 4 rings (SSSR count). The van der Waals surface area contributed by atoms with E-state index in [0.29, 0.717) is 16.7 Å². The molecule has 1 heterocycles. The number of nitrogens with one attached hydrogen (secondary N) is 1. The molecule has 0 atom stereocenters. The summed E-state index contributed by atoms with van der Waals surface area (Å²) in [4.78, 5) is 16.5. The van der Waals surface area contributed by atoms with E-state index in [1.165, 1.54) is 43.6 Å². The summed E-state index contributed by atoms with van der Waals surface area (Å²) >= 11 is 0. The van der Waals surface area contributed by atoms with Crippen LogP contribution in [0, 0.1) is 17.5 Å². The maximum Gasteiger partial charge on any atom is 0.258 e. The molecule has 0 radical (unpaired) electrons. The predicted octanol–water partition coefficient (Wildman–Crippen LogP) is 5.08. The third-order valence-corrected chi connectivity index (χ3v) is 4.92. The van der Waals surface area contributed by atoms with Crippen LogP contribution in [0.5, 0.6) is 23.0 Å². The van der Waals surface area contributed by atoms with Crippen molar-refractivity contribution >= 4 is 22.5 Å². The fourth-order valence-corrected chi connectivity index (χ4v) is 3.33. The smallest absolute Gasteiger partial charge is 0.258 e. The van der Waals surface area contributed by atoms with Gasteiger partial charge in [-0.2, -0.15) is 0 Å². The average molecular weight is 484 g/mol. The van der Waals surface area contributed by atoms with Crippen molar-refractivity contribution in [1.82, 2.24) is 4.98 Å². The fraction of sp³-hybridized carbons (Fsp3) is 0.120. The van der Waals surface area contributed by atoms with Crippen molar-refractivity contribution in [1.29, 1.82) is 0 Å². The van der Waals surface area contributed by atoms with Crippen LogP contribution in [-0.4, -0.2) is 36.3 Å². The summed E-state index contributed by atoms with van der Waals surface area (Å²) in [6, 6.07) is 11.4. The van der Waals surface area contributed by atoms with Gasteiger partial charge in [-0.3, -0.25) is 9.78 Å². The molecule has 10 heteroatoms. The lowest BCUT2D eigenvalue weighted by Crippen LogP contribution is -2.14. The molecule has 2 N–H and O–H groups in total. The first kappa shape index (κ1) is 23.8. The number of methoxy groups -OCH3 is 1. The number of hydrogen-bond donors (Lipinski definition) is 2. The van der Waals surface area contributed by atoms with Crippen LogP contribution in [0.15, 0.2) is 60.8 Å². The minimum absolute atomic E-state index is 0.00163. The topological polar surface area (TPSA) is 89.9 Å². The standard InChI is InChI=1S/C25H19F3N2O5/c1-33-22-13-20-16(12-23(22)34-9-8-31)21(6-7-29-20)35-24-18(27)10-14(11-19(24)28)30-25(32)15-4-2-3-5-17(15)26/h2-7,10-13,31H,8-9H2,1H3,(H,30,32). The number of aliphatic hydroxyl groups is 1. The molecule has 1 aromatic heterocycles. The largest absolute Gasteiger partial charge is 0.493 e. The Bertz CT molecular complexity index is 1370. The second-order valence-electron chi connectivity index (χ2n) is 7.21. The van der Waals surface area contributed by atoms with Crippen LogP contribution in [0.1, 0.15) is 10.4 Å². The van der Waals surface area contributed by atoms with E-state index in [4.69, 9.17) is 19.3 Å². The number of ether oxygens (including phenoxy) is 3. The normalized spacial score (nSPS) is 10.8. The zero-order valence-corrected chi connectivity index (χ0v) is 18.3. The van der Waals surface area contributed by atoms with Crippen molar-refractivity contribution in [2.45, 2.75) is 0 Å². The Kier molecular flexibility index (Phi) is 7.02. The lowest BCUT2D eigenvalue weighted by Gasteiger charge is -2.14. The van der Waals surface area contributed by atoms with Crippen molar-refractivity contribution in [3.63, 3.8) is 0 Å². The maximum atomic E-state index is 14.8. The van der Waals surface area contributed by atoms with E-state index in [1.807, 2.05) is 0 Å². The number of benzene rings is 3. The van der Waals surface area contributed by atoms with Crippen LogP contribution < -0.4 is 19.5 Å². The number of hydrogen-bond acceptors (Lipinski definition) is 6. The Morgan fingerprint density at radius 3 is 2.40 bits per heavy atom. The number of carbonyl (C=O) groups is 1. The number of amides is 1. The Balaban J connectivity index is 1.64. The van der Waals surface area contributed by atoms with E-state index < -0.39 is 29.1 Å². The first-order valence-electron chi connectivity index (χ1n) is 10.3. The summed E-state index contributed by atoms with van der Waals surface area (Å²) in [5, 5.41) is 11.7. The molecule has 1 amide bonds. The molecule has 35 heavy (non-hydrogen) atoms. The molecule has 0 fully saturated rings. The Labute approximate surface area is 197 Å². The van der Waals surface area contributed by atoms with Crippen LogP contribution in [0.4, 0.5) is 18.9 Å². The highest BCUT2D eigenvalue weighted by molar-refractivity contribution is 6.04. The van der Waals surface area contributed by atoms with Gasteiger partial charge in [0, 0.05) is 35.5 Å². The van der Waals surface area contributed by atoms with E-state index in [0.717, 1.165) is 18.2 Å². The Morgan fingerprint density at radius 1 is 0.971 bits per heavy atom. The number of halogens is 3. The Morgan fingerprint density at radius 2 is 1.71 bits per heavy atom. The van der Waals surface area contributed by atoms with Gasteiger partial charge < -0.3 is 24.6 Å². The molecule has 0 unspecified atom stereocenters. The number of aromatic nitrogens is 1. The van der Waals surface area contributed by atoms with Gasteiger partial charge in [-0.1, -0.05) is 12.1 Å². The highest BCUT2D eigenvalue weighted by atomic mass is 19.1. The number of rotatable bonds is 8. The summed E-state index contributed by atoms with van der Waals surface area (Å²) in [5.74, 6) is -3.83. The summed E-state index contributed by atoms with van der Waals surface area (Å²) in [6.07, 6.45) is 1.39. The van der Waals surface area contributed by atoms with E-state index in [9.17, 15) is 18.0 Å². The SMILES string of the molecule is COc1cc2nccc(Oc3c(F)cc(NC(=O)c4ccccc4F)cc3F)c2cc1OCCO. The highest BCUT2D eigenvalue weighted by Gasteiger charge is 2.19. The molecule has 0 saturated carbocycles. The van der Waals surface area contributed by atoms with E-state index in [-0.39, 0.29) is 36.0 Å². The zero-order chi connectivity index (χ0) is 24.9. The molecule has 0 spiro atoms. The second-order valence-corrected chi connectivity index (χ2v) is 7.21. The van der Waals surface area contributed by atoms with E-state index >= 15 is 0 Å². The van der Waals surface area contributed by atoms with Gasteiger partial charge in [0.2, 0.25) is 0 Å². The van der Waals surface area contributed by atoms with Crippen molar-refractivity contribution in [3.8, 4) is 23.0 Å². The van der Waals surface area contributed by atoms with Gasteiger partial charge >= 0.3 is 0 Å². The van der Waals surface area contributed by atoms with Gasteiger partial charge in [-0.15, -0.1) is 0 Å². The van der Waals surface area contributed by atoms with Crippen molar-refractivity contribution in [2.75, 3.05) is 25.6 Å². The number of anilines is 1. The van der Waals surface area contributed by atoms with E-state index in [1.54, 1.807) is 6.07 Å². The molecule has 0 bridgehead atoms. The molecular formula is C25H19F3N2O5. The summed E-state index contributed by atoms with van der Waals surface area (Å²) in [5.41, 5.74) is -0.0820. The summed E-state index contributed by atoms with van der Waals surface area (Å²) in [6.45, 7) is -0.227. The Hall–Kier alpha value is -4.31. The van der Waals surface area contributed by atoms with Gasteiger partial charge in [-0.25, -0.2) is 13.2 Å². The molecule has 4 aromatic rings. The van der Waals surface area contributed by atoms with Gasteiger partial charge in [0.1, 0.15) is 18.2 Å². The van der Waals surface area contributed by atoms with Crippen LogP contribution in [0.25, 0.3) is 10.9 Å². The number of pyridine rings is 1. The molecular weight excluding hydrogens is 465 g/mol. The van der Waals surface area contributed by atoms with Crippen LogP contribution in [-0.2, 0) is 0 Å². The van der Waals surface area contributed by atoms with Gasteiger partial charge in [0.25, 0.3) is 5.91 Å². The maximum absolute atomic E-state index is 14.8. The third-order valence-electron chi connectivity index (χ3n) is 4.92. The third kappa shape index (κ3) is 5.12. The fourth-order valence-electron chi connectivity index (χ4n) is 3.33. The number of aliphatic hydroxyl groups excluding tert-OH is 1. The van der Waals surface area contributed by atoms with Crippen LogP contribution in [0.3, 0.4) is 0 Å². The van der Waals surface area contributed by atoms with Crippen LogP contribution >= 0.6 is 0 Å². The molecule has 3 aromatic carbocycles. The number of nitrogens with zero attached hydrogens (tertiary/aromatic N) is 1. The first-order valence-corrected chi connectivity index (χ1v) is 10.3. The lowest BCUT2D eigenvalue weighted by molar-refractivity contribution is 0.102. The molecule has 0 aliphatic heterocycles. The van der Waals surface area contributed by atoms with Crippen molar-refractivity contribution in [2.24, 2.45) is 0 Å². The van der Waals surface area contributed by atoms with Gasteiger partial charge in [0.05, 0.1) is 24.8 Å². The molecule has 0 saturated heterocycles. The average Bonchev–Trinajstić information content (AvgIpc) is 2.84. The number of carbonyl (C=O) groups excluding carboxylic acids is 1. The lowest BCUT2D eigenvalue weighted by atomic mass is 10.1. The van der Waals surface area contributed by atoms with Gasteiger partial charge in [-0.05, 0) is 24.3 Å². The minimum atomic E-state index is -1.09. The predicted molar refractivity (Wildman–Crippen MR) is 122 cm³/mol. The van der Waals surface area contributed by atoms with E-state index in [2.05, 4.69) is 10.3 Å². The zero-order valence-electron chi connectivity index (χ0n) is 18.3. The van der Waals surface area contributed by atoms with Crippen molar-refractivity contribution < 1.29 is 37.3 Å². The molecule has 0 aliphatic carbocycles. The van der Waals surface area contributed by atoms with Crippen LogP contribution in [0.2, 0.25) is 0 Å². The van der Waals surface area contributed by atoms with Gasteiger partial charge in [0.15, 0.2) is 28.9 Å². The monoisotopic (exact) mass is 484 g/mol. The summed E-state index contributed by atoms with van der Waals surface area (Å²) < 4.78 is 59.7.